The zero-order valence-electron chi connectivity index (χ0n) is 23.6. The number of ketones is 2. The molecule has 0 amide bonds. The molecule has 1 saturated carbocycles. The van der Waals surface area contributed by atoms with Crippen LogP contribution in [-0.2, 0) is 12.8 Å². The van der Waals surface area contributed by atoms with Gasteiger partial charge in [0.15, 0.2) is 11.6 Å². The molecule has 5 rings (SSSR count). The van der Waals surface area contributed by atoms with Gasteiger partial charge in [0, 0.05) is 34.8 Å². The summed E-state index contributed by atoms with van der Waals surface area (Å²) >= 11 is 0. The Hall–Kier alpha value is -4.18. The number of aryl methyl sites for hydroxylation is 2. The lowest BCUT2D eigenvalue weighted by molar-refractivity contribution is 0.0456. The molecule has 4 nitrogen and oxygen atoms in total. The van der Waals surface area contributed by atoms with Crippen molar-refractivity contribution in [2.45, 2.75) is 38.5 Å². The minimum Gasteiger partial charge on any atom is -0.497 e. The fraction of sp³-hybridized carbons (Fsp3) is 0.278. The Morgan fingerprint density at radius 3 is 1.12 bits per heavy atom. The fourth-order valence-corrected chi connectivity index (χ4v) is 6.08. The predicted molar refractivity (Wildman–Crippen MR) is 159 cm³/mol. The van der Waals surface area contributed by atoms with E-state index >= 15 is 0 Å². The molecule has 0 unspecified atom stereocenters. The van der Waals surface area contributed by atoms with Crippen molar-refractivity contribution in [2.75, 3.05) is 14.2 Å². The monoisotopic (exact) mass is 532 g/mol. The standard InChI is InChI=1S/C36H36O4/c1-5-23-7-11-27(12-8-23)35(37)33-31(25-15-19-29(39-3)20-16-25)32(26-17-21-30(40-4)22-18-26)34(33)36(38)28-13-9-24(6-2)10-14-28/h7-22,31-34H,5-6H2,1-4H3/t31-,32-,33+,34+/m0/s1. The van der Waals surface area contributed by atoms with Gasteiger partial charge in [0.25, 0.3) is 0 Å². The highest BCUT2D eigenvalue weighted by molar-refractivity contribution is 6.07. The normalized spacial score (nSPS) is 19.9. The van der Waals surface area contributed by atoms with Gasteiger partial charge in [-0.1, -0.05) is 86.6 Å². The van der Waals surface area contributed by atoms with Gasteiger partial charge in [-0.3, -0.25) is 9.59 Å². The Morgan fingerprint density at radius 2 is 0.850 bits per heavy atom. The topological polar surface area (TPSA) is 52.6 Å². The van der Waals surface area contributed by atoms with Crippen molar-refractivity contribution in [1.82, 2.24) is 0 Å². The molecule has 0 radical (unpaired) electrons. The summed E-state index contributed by atoms with van der Waals surface area (Å²) in [5, 5.41) is 0. The van der Waals surface area contributed by atoms with Gasteiger partial charge in [-0.05, 0) is 59.4 Å². The predicted octanol–water partition coefficient (Wildman–Crippen LogP) is 7.71. The number of hydrogen-bond acceptors (Lipinski definition) is 4. The SMILES string of the molecule is CCc1ccc(C(=O)[C@H]2[C@H](C(=O)c3ccc(CC)cc3)[C@@H](c3ccc(OC)cc3)[C@@H]2c2ccc(OC)cc2)cc1. The molecule has 0 heterocycles. The number of carbonyl (C=O) groups is 2. The van der Waals surface area contributed by atoms with Crippen LogP contribution in [0.2, 0.25) is 0 Å². The second-order valence-electron chi connectivity index (χ2n) is 10.5. The van der Waals surface area contributed by atoms with E-state index in [1.165, 1.54) is 11.1 Å². The van der Waals surface area contributed by atoms with Gasteiger partial charge in [-0.2, -0.15) is 0 Å². The molecule has 0 N–H and O–H groups in total. The third-order valence-electron chi connectivity index (χ3n) is 8.45. The number of hydrogen-bond donors (Lipinski definition) is 0. The molecule has 1 aliphatic rings. The molecule has 0 saturated heterocycles. The summed E-state index contributed by atoms with van der Waals surface area (Å²) in [6.07, 6.45) is 1.81. The summed E-state index contributed by atoms with van der Waals surface area (Å²) < 4.78 is 10.8. The lowest BCUT2D eigenvalue weighted by Crippen LogP contribution is -2.51. The molecule has 0 aromatic heterocycles. The summed E-state index contributed by atoms with van der Waals surface area (Å²) in [5.74, 6) is 0.214. The van der Waals surface area contributed by atoms with E-state index in [4.69, 9.17) is 9.47 Å². The maximum absolute atomic E-state index is 14.3. The first-order valence-electron chi connectivity index (χ1n) is 14.0. The van der Waals surface area contributed by atoms with Crippen LogP contribution in [0.4, 0.5) is 0 Å². The van der Waals surface area contributed by atoms with Crippen LogP contribution in [0.25, 0.3) is 0 Å². The average Bonchev–Trinajstić information content (AvgIpc) is 3.01. The summed E-state index contributed by atoms with van der Waals surface area (Å²) in [6.45, 7) is 4.20. The summed E-state index contributed by atoms with van der Waals surface area (Å²) in [5.41, 5.74) is 5.69. The molecule has 0 aliphatic heterocycles. The van der Waals surface area contributed by atoms with E-state index in [-0.39, 0.29) is 23.4 Å². The first-order chi connectivity index (χ1) is 19.5. The molecule has 4 aromatic carbocycles. The molecular formula is C36H36O4. The molecule has 1 fully saturated rings. The summed E-state index contributed by atoms with van der Waals surface area (Å²) in [4.78, 5) is 28.5. The number of ether oxygens (including phenoxy) is 2. The van der Waals surface area contributed by atoms with Crippen LogP contribution in [0.3, 0.4) is 0 Å². The Kier molecular flexibility index (Phi) is 8.16. The zero-order valence-corrected chi connectivity index (χ0v) is 23.6. The maximum Gasteiger partial charge on any atom is 0.167 e. The van der Waals surface area contributed by atoms with Crippen molar-refractivity contribution < 1.29 is 19.1 Å². The highest BCUT2D eigenvalue weighted by Crippen LogP contribution is 2.60. The van der Waals surface area contributed by atoms with E-state index in [9.17, 15) is 9.59 Å². The minimum absolute atomic E-state index is 0.0109. The average molecular weight is 533 g/mol. The van der Waals surface area contributed by atoms with Gasteiger partial charge < -0.3 is 9.47 Å². The number of Topliss-reactive ketones (excluding diaryl/α,β-unsaturated/α-hetero) is 2. The van der Waals surface area contributed by atoms with Gasteiger partial charge >= 0.3 is 0 Å². The van der Waals surface area contributed by atoms with E-state index in [0.29, 0.717) is 11.1 Å². The molecule has 0 spiro atoms. The van der Waals surface area contributed by atoms with Crippen LogP contribution >= 0.6 is 0 Å². The molecule has 204 valence electrons. The van der Waals surface area contributed by atoms with Crippen molar-refractivity contribution in [3.8, 4) is 11.5 Å². The van der Waals surface area contributed by atoms with E-state index < -0.39 is 11.8 Å². The molecule has 4 aromatic rings. The van der Waals surface area contributed by atoms with Crippen LogP contribution in [0.1, 0.15) is 68.7 Å². The van der Waals surface area contributed by atoms with Crippen LogP contribution in [0.15, 0.2) is 97.1 Å². The first kappa shape index (κ1) is 27.4. The largest absolute Gasteiger partial charge is 0.497 e. The van der Waals surface area contributed by atoms with E-state index in [0.717, 1.165) is 35.5 Å². The smallest absolute Gasteiger partial charge is 0.167 e. The Balaban J connectivity index is 1.62. The van der Waals surface area contributed by atoms with Gasteiger partial charge in [-0.15, -0.1) is 0 Å². The van der Waals surface area contributed by atoms with Gasteiger partial charge in [0.1, 0.15) is 11.5 Å². The lowest BCUT2D eigenvalue weighted by Gasteiger charge is -2.51. The molecule has 40 heavy (non-hydrogen) atoms. The zero-order chi connectivity index (χ0) is 28.2. The van der Waals surface area contributed by atoms with E-state index in [2.05, 4.69) is 13.8 Å². The number of methoxy groups -OCH3 is 2. The van der Waals surface area contributed by atoms with E-state index in [1.54, 1.807) is 14.2 Å². The van der Waals surface area contributed by atoms with Gasteiger partial charge in [0.05, 0.1) is 14.2 Å². The van der Waals surface area contributed by atoms with Crippen LogP contribution in [-0.4, -0.2) is 25.8 Å². The maximum atomic E-state index is 14.3. The van der Waals surface area contributed by atoms with Crippen molar-refractivity contribution in [3.63, 3.8) is 0 Å². The van der Waals surface area contributed by atoms with Gasteiger partial charge in [0.2, 0.25) is 0 Å². The minimum atomic E-state index is -0.494. The number of carbonyl (C=O) groups excluding carboxylic acids is 2. The van der Waals surface area contributed by atoms with Crippen LogP contribution in [0.5, 0.6) is 11.5 Å². The molecule has 4 heteroatoms. The van der Waals surface area contributed by atoms with Crippen LogP contribution < -0.4 is 9.47 Å². The van der Waals surface area contributed by atoms with Gasteiger partial charge in [-0.25, -0.2) is 0 Å². The fourth-order valence-electron chi connectivity index (χ4n) is 6.08. The Bertz CT molecular complexity index is 1340. The molecule has 1 aliphatic carbocycles. The summed E-state index contributed by atoms with van der Waals surface area (Å²) in [6, 6.07) is 31.5. The Labute approximate surface area is 237 Å². The third-order valence-corrected chi connectivity index (χ3v) is 8.45. The van der Waals surface area contributed by atoms with E-state index in [1.807, 2.05) is 97.1 Å². The Morgan fingerprint density at radius 1 is 0.525 bits per heavy atom. The molecular weight excluding hydrogens is 496 g/mol. The van der Waals surface area contributed by atoms with Crippen molar-refractivity contribution in [1.29, 1.82) is 0 Å². The number of benzene rings is 4. The highest BCUT2D eigenvalue weighted by atomic mass is 16.5. The van der Waals surface area contributed by atoms with Crippen LogP contribution in [0, 0.1) is 11.8 Å². The van der Waals surface area contributed by atoms with Crippen molar-refractivity contribution >= 4 is 11.6 Å². The molecule has 4 atom stereocenters. The molecule has 0 bridgehead atoms. The highest BCUT2D eigenvalue weighted by Gasteiger charge is 2.57. The van der Waals surface area contributed by atoms with Crippen molar-refractivity contribution in [3.05, 3.63) is 130 Å². The summed E-state index contributed by atoms with van der Waals surface area (Å²) in [7, 11) is 3.28. The second-order valence-corrected chi connectivity index (χ2v) is 10.5. The quantitative estimate of drug-likeness (QED) is 0.196. The third kappa shape index (κ3) is 5.19. The lowest BCUT2D eigenvalue weighted by atomic mass is 9.49. The van der Waals surface area contributed by atoms with Crippen molar-refractivity contribution in [2.24, 2.45) is 11.8 Å². The second kappa shape index (κ2) is 11.9. The number of rotatable bonds is 10. The first-order valence-corrected chi connectivity index (χ1v) is 14.0.